The number of nitrogens with one attached hydrogen (secondary N) is 1. The number of ether oxygens (including phenoxy) is 2. The number of hydrogen-bond acceptors (Lipinski definition) is 10. The minimum absolute atomic E-state index is 0.112. The molecule has 0 radical (unpaired) electrons. The predicted octanol–water partition coefficient (Wildman–Crippen LogP) is 2.82. The average Bonchev–Trinajstić information content (AvgIpc) is 3.44. The SMILES string of the molecule is COC(=O)C(C)NP(=O)(OCC1C=CC(n2cnc3c(N)ncnc32)O1)Oc1cccc(I)c1. The third-order valence-electron chi connectivity index (χ3n) is 4.80. The minimum atomic E-state index is -3.99. The highest BCUT2D eigenvalue weighted by Gasteiger charge is 2.34. The van der Waals surface area contributed by atoms with Gasteiger partial charge in [0.15, 0.2) is 17.7 Å². The number of nitrogen functional groups attached to an aromatic ring is 1. The Labute approximate surface area is 208 Å². The summed E-state index contributed by atoms with van der Waals surface area (Å²) >= 11 is 2.11. The van der Waals surface area contributed by atoms with Gasteiger partial charge in [-0.25, -0.2) is 19.5 Å². The number of carbonyl (C=O) groups excluding carboxylic acids is 1. The number of nitrogens with zero attached hydrogens (tertiary/aromatic N) is 4. The number of benzene rings is 1. The summed E-state index contributed by atoms with van der Waals surface area (Å²) in [4.78, 5) is 24.3. The van der Waals surface area contributed by atoms with Crippen molar-refractivity contribution in [2.45, 2.75) is 25.3 Å². The van der Waals surface area contributed by atoms with Crippen molar-refractivity contribution in [1.29, 1.82) is 0 Å². The lowest BCUT2D eigenvalue weighted by molar-refractivity contribution is -0.142. The van der Waals surface area contributed by atoms with Crippen molar-refractivity contribution < 1.29 is 27.9 Å². The first-order valence-corrected chi connectivity index (χ1v) is 12.7. The molecule has 4 rings (SSSR count). The number of rotatable bonds is 9. The van der Waals surface area contributed by atoms with Crippen LogP contribution in [0.4, 0.5) is 5.82 Å². The smallest absolute Gasteiger partial charge is 0.459 e. The van der Waals surface area contributed by atoms with E-state index >= 15 is 0 Å². The number of esters is 1. The molecule has 0 saturated carbocycles. The summed E-state index contributed by atoms with van der Waals surface area (Å²) in [5, 5.41) is 2.61. The van der Waals surface area contributed by atoms with Gasteiger partial charge >= 0.3 is 13.7 Å². The number of fused-ring (bicyclic) bond motifs is 1. The molecule has 0 saturated heterocycles. The summed E-state index contributed by atoms with van der Waals surface area (Å²) in [6, 6.07) is 6.02. The highest BCUT2D eigenvalue weighted by Crippen LogP contribution is 2.45. The summed E-state index contributed by atoms with van der Waals surface area (Å²) < 4.78 is 38.1. The van der Waals surface area contributed by atoms with Gasteiger partial charge in [-0.3, -0.25) is 13.9 Å². The van der Waals surface area contributed by atoms with E-state index in [4.69, 9.17) is 24.3 Å². The Bertz CT molecular complexity index is 1270. The first-order chi connectivity index (χ1) is 16.3. The van der Waals surface area contributed by atoms with Crippen molar-refractivity contribution in [1.82, 2.24) is 24.6 Å². The molecule has 2 aromatic heterocycles. The lowest BCUT2D eigenvalue weighted by atomic mass is 10.3. The van der Waals surface area contributed by atoms with Crippen molar-refractivity contribution in [2.24, 2.45) is 0 Å². The summed E-state index contributed by atoms with van der Waals surface area (Å²) in [5.74, 6) is -0.0202. The van der Waals surface area contributed by atoms with Crippen LogP contribution in [0.2, 0.25) is 0 Å². The van der Waals surface area contributed by atoms with Crippen molar-refractivity contribution in [3.8, 4) is 5.75 Å². The minimum Gasteiger partial charge on any atom is -0.468 e. The number of halogens is 1. The lowest BCUT2D eigenvalue weighted by Crippen LogP contribution is -2.35. The van der Waals surface area contributed by atoms with E-state index in [0.717, 1.165) is 3.57 Å². The summed E-state index contributed by atoms with van der Waals surface area (Å²) in [7, 11) is -2.75. The average molecular weight is 600 g/mol. The van der Waals surface area contributed by atoms with Gasteiger partial charge in [0.1, 0.15) is 29.7 Å². The summed E-state index contributed by atoms with van der Waals surface area (Å²) in [6.45, 7) is 1.39. The fraction of sp³-hybridized carbons (Fsp3) is 0.300. The second kappa shape index (κ2) is 10.4. The van der Waals surface area contributed by atoms with Crippen LogP contribution in [-0.4, -0.2) is 51.4 Å². The van der Waals surface area contributed by atoms with Gasteiger partial charge in [-0.15, -0.1) is 0 Å². The maximum atomic E-state index is 13.5. The van der Waals surface area contributed by atoms with E-state index in [0.29, 0.717) is 16.9 Å². The molecule has 34 heavy (non-hydrogen) atoms. The Morgan fingerprint density at radius 2 is 2.18 bits per heavy atom. The molecule has 0 amide bonds. The molecule has 1 aliphatic rings. The molecule has 0 fully saturated rings. The number of carbonyl (C=O) groups is 1. The van der Waals surface area contributed by atoms with Crippen LogP contribution < -0.4 is 15.3 Å². The van der Waals surface area contributed by atoms with E-state index in [-0.39, 0.29) is 12.4 Å². The number of hydrogen-bond donors (Lipinski definition) is 2. The fourth-order valence-electron chi connectivity index (χ4n) is 3.19. The number of anilines is 1. The van der Waals surface area contributed by atoms with Crippen LogP contribution in [0.1, 0.15) is 13.2 Å². The lowest BCUT2D eigenvalue weighted by Gasteiger charge is -2.24. The Kier molecular flexibility index (Phi) is 7.48. The van der Waals surface area contributed by atoms with Crippen molar-refractivity contribution >= 4 is 53.3 Å². The third-order valence-corrected chi connectivity index (χ3v) is 7.12. The van der Waals surface area contributed by atoms with Crippen LogP contribution in [0.15, 0.2) is 49.1 Å². The van der Waals surface area contributed by atoms with Crippen molar-refractivity contribution in [3.63, 3.8) is 0 Å². The Morgan fingerprint density at radius 1 is 1.35 bits per heavy atom. The second-order valence-corrected chi connectivity index (χ2v) is 10.2. The second-order valence-electron chi connectivity index (χ2n) is 7.25. The summed E-state index contributed by atoms with van der Waals surface area (Å²) in [6.07, 6.45) is 5.39. The van der Waals surface area contributed by atoms with Crippen LogP contribution in [0.3, 0.4) is 0 Å². The standard InChI is InChI=1S/C20H22IN6O6P/c1-12(20(28)30-2)26-34(29,33-14-5-3-4-13(21)8-14)31-9-15-6-7-16(32-15)27-11-25-17-18(22)23-10-24-19(17)27/h3-8,10-12,15-16H,9H2,1-2H3,(H,26,29)(H2,22,23,24). The molecule has 1 aliphatic heterocycles. The Balaban J connectivity index is 1.45. The largest absolute Gasteiger partial charge is 0.468 e. The van der Waals surface area contributed by atoms with Crippen LogP contribution in [0, 0.1) is 3.57 Å². The van der Waals surface area contributed by atoms with Gasteiger partial charge in [-0.05, 0) is 53.8 Å². The van der Waals surface area contributed by atoms with Gasteiger partial charge in [-0.1, -0.05) is 12.1 Å². The van der Waals surface area contributed by atoms with E-state index in [2.05, 4.69) is 42.6 Å². The maximum absolute atomic E-state index is 13.5. The van der Waals surface area contributed by atoms with Crippen LogP contribution in [-0.2, 0) is 23.4 Å². The van der Waals surface area contributed by atoms with E-state index in [9.17, 15) is 9.36 Å². The molecule has 4 atom stereocenters. The molecule has 3 aromatic rings. The first kappa shape index (κ1) is 24.5. The highest BCUT2D eigenvalue weighted by atomic mass is 127. The number of nitrogens with two attached hydrogens (primary N) is 1. The number of imidazole rings is 1. The molecule has 1 aromatic carbocycles. The van der Waals surface area contributed by atoms with E-state index < -0.39 is 32.1 Å². The first-order valence-electron chi connectivity index (χ1n) is 10.1. The molecular weight excluding hydrogens is 578 g/mol. The normalized spacial score (nSPS) is 20.2. The maximum Gasteiger partial charge on any atom is 0.459 e. The third kappa shape index (κ3) is 5.55. The fourth-order valence-corrected chi connectivity index (χ4v) is 5.20. The molecule has 4 unspecified atom stereocenters. The number of aromatic nitrogens is 4. The highest BCUT2D eigenvalue weighted by molar-refractivity contribution is 14.1. The van der Waals surface area contributed by atoms with Gasteiger partial charge < -0.3 is 19.7 Å². The predicted molar refractivity (Wildman–Crippen MR) is 131 cm³/mol. The molecule has 3 heterocycles. The molecular formula is C20H22IN6O6P. The van der Waals surface area contributed by atoms with E-state index in [1.807, 2.05) is 6.07 Å². The van der Waals surface area contributed by atoms with Gasteiger partial charge in [0.25, 0.3) is 0 Å². The zero-order valence-corrected chi connectivity index (χ0v) is 21.3. The van der Waals surface area contributed by atoms with Crippen molar-refractivity contribution in [3.05, 3.63) is 52.6 Å². The zero-order valence-electron chi connectivity index (χ0n) is 18.2. The van der Waals surface area contributed by atoms with E-state index in [1.165, 1.54) is 20.4 Å². The molecule has 0 aliphatic carbocycles. The molecule has 0 bridgehead atoms. The van der Waals surface area contributed by atoms with Crippen molar-refractivity contribution in [2.75, 3.05) is 19.5 Å². The van der Waals surface area contributed by atoms with Gasteiger partial charge in [0.2, 0.25) is 0 Å². The zero-order chi connectivity index (χ0) is 24.3. The van der Waals surface area contributed by atoms with Crippen LogP contribution >= 0.6 is 30.3 Å². The molecule has 0 spiro atoms. The summed E-state index contributed by atoms with van der Waals surface area (Å²) in [5.41, 5.74) is 6.83. The van der Waals surface area contributed by atoms with E-state index in [1.54, 1.807) is 41.2 Å². The molecule has 3 N–H and O–H groups in total. The monoisotopic (exact) mass is 600 g/mol. The topological polar surface area (TPSA) is 153 Å². The quantitative estimate of drug-likeness (QED) is 0.161. The molecule has 12 nitrogen and oxygen atoms in total. The Morgan fingerprint density at radius 3 is 2.94 bits per heavy atom. The van der Waals surface area contributed by atoms with Crippen LogP contribution in [0.25, 0.3) is 11.2 Å². The number of methoxy groups -OCH3 is 1. The van der Waals surface area contributed by atoms with Gasteiger partial charge in [-0.2, -0.15) is 5.09 Å². The Hall–Kier alpha value is -2.58. The molecule has 180 valence electrons. The van der Waals surface area contributed by atoms with Crippen LogP contribution in [0.5, 0.6) is 5.75 Å². The van der Waals surface area contributed by atoms with Gasteiger partial charge in [0.05, 0.1) is 20.0 Å². The molecule has 14 heteroatoms. The van der Waals surface area contributed by atoms with Gasteiger partial charge in [0, 0.05) is 3.57 Å².